The molecule has 7 nitrogen and oxygen atoms in total. The van der Waals surface area contributed by atoms with Crippen LogP contribution in [0, 0.1) is 6.92 Å². The van der Waals surface area contributed by atoms with Crippen LogP contribution in [0.2, 0.25) is 0 Å². The highest BCUT2D eigenvalue weighted by atomic mass is 16.5. The third kappa shape index (κ3) is 3.13. The summed E-state index contributed by atoms with van der Waals surface area (Å²) < 4.78 is 10.6. The number of aromatic nitrogens is 1. The molecule has 2 N–H and O–H groups in total. The Kier molecular flexibility index (Phi) is 4.18. The lowest BCUT2D eigenvalue weighted by molar-refractivity contribution is 0.0694. The number of carbonyl (C=O) groups excluding carboxylic acids is 1. The summed E-state index contributed by atoms with van der Waals surface area (Å²) in [6.07, 6.45) is 4.80. The van der Waals surface area contributed by atoms with Crippen LogP contribution < -0.4 is 5.32 Å². The number of hydrogen-bond acceptors (Lipinski definition) is 5. The van der Waals surface area contributed by atoms with Crippen LogP contribution in [0.4, 0.5) is 0 Å². The van der Waals surface area contributed by atoms with Crippen molar-refractivity contribution in [3.63, 3.8) is 0 Å². The van der Waals surface area contributed by atoms with Gasteiger partial charge in [0.2, 0.25) is 0 Å². The van der Waals surface area contributed by atoms with Crippen LogP contribution in [0.1, 0.15) is 63.0 Å². The van der Waals surface area contributed by atoms with Crippen molar-refractivity contribution in [2.45, 2.75) is 45.6 Å². The molecule has 0 unspecified atom stereocenters. The van der Waals surface area contributed by atoms with Crippen LogP contribution in [0.3, 0.4) is 0 Å². The number of aromatic carboxylic acids is 1. The van der Waals surface area contributed by atoms with E-state index in [0.717, 1.165) is 43.4 Å². The molecule has 0 bridgehead atoms. The number of furan rings is 1. The third-order valence-electron chi connectivity index (χ3n) is 4.04. The lowest BCUT2D eigenvalue weighted by atomic mass is 10.1. The van der Waals surface area contributed by atoms with Crippen molar-refractivity contribution in [2.24, 2.45) is 0 Å². The Morgan fingerprint density at radius 3 is 2.83 bits per heavy atom. The Balaban J connectivity index is 1.69. The van der Waals surface area contributed by atoms with E-state index in [1.807, 2.05) is 0 Å². The van der Waals surface area contributed by atoms with Gasteiger partial charge >= 0.3 is 5.97 Å². The van der Waals surface area contributed by atoms with E-state index in [-0.39, 0.29) is 18.0 Å². The first-order valence-electron chi connectivity index (χ1n) is 7.64. The first-order chi connectivity index (χ1) is 11.1. The van der Waals surface area contributed by atoms with Crippen LogP contribution >= 0.6 is 0 Å². The van der Waals surface area contributed by atoms with Crippen molar-refractivity contribution in [1.29, 1.82) is 0 Å². The van der Waals surface area contributed by atoms with Gasteiger partial charge in [0.15, 0.2) is 5.69 Å². The predicted molar refractivity (Wildman–Crippen MR) is 79.3 cm³/mol. The largest absolute Gasteiger partial charge is 0.478 e. The number of carboxylic acid groups (broad SMARTS) is 1. The SMILES string of the molecule is Cc1oc(CNC(=O)c2noc3c2CCCCC3)cc1C(=O)O. The molecule has 0 spiro atoms. The molecule has 0 aliphatic heterocycles. The zero-order valence-corrected chi connectivity index (χ0v) is 12.8. The molecule has 0 atom stereocenters. The second-order valence-corrected chi connectivity index (χ2v) is 5.66. The Morgan fingerprint density at radius 2 is 2.09 bits per heavy atom. The fourth-order valence-electron chi connectivity index (χ4n) is 2.83. The maximum Gasteiger partial charge on any atom is 0.339 e. The van der Waals surface area contributed by atoms with Crippen LogP contribution in [0.25, 0.3) is 0 Å². The second-order valence-electron chi connectivity index (χ2n) is 5.66. The molecule has 0 aromatic carbocycles. The third-order valence-corrected chi connectivity index (χ3v) is 4.04. The summed E-state index contributed by atoms with van der Waals surface area (Å²) in [5.74, 6) is 0.128. The van der Waals surface area contributed by atoms with Gasteiger partial charge in [0.25, 0.3) is 5.91 Å². The summed E-state index contributed by atoms with van der Waals surface area (Å²) in [7, 11) is 0. The first-order valence-corrected chi connectivity index (χ1v) is 7.64. The topological polar surface area (TPSA) is 106 Å². The summed E-state index contributed by atoms with van der Waals surface area (Å²) >= 11 is 0. The average Bonchev–Trinajstić information content (AvgIpc) is 3.01. The lowest BCUT2D eigenvalue weighted by Crippen LogP contribution is -2.24. The number of carbonyl (C=O) groups is 2. The monoisotopic (exact) mass is 318 g/mol. The van der Waals surface area contributed by atoms with Crippen molar-refractivity contribution >= 4 is 11.9 Å². The molecular formula is C16H18N2O5. The second kappa shape index (κ2) is 6.28. The first kappa shape index (κ1) is 15.3. The van der Waals surface area contributed by atoms with Crippen molar-refractivity contribution in [2.75, 3.05) is 0 Å². The minimum atomic E-state index is -1.05. The Morgan fingerprint density at radius 1 is 1.30 bits per heavy atom. The number of amides is 1. The molecule has 3 rings (SSSR count). The summed E-state index contributed by atoms with van der Waals surface area (Å²) in [5, 5.41) is 15.6. The number of nitrogens with zero attached hydrogens (tertiary/aromatic N) is 1. The molecule has 2 aromatic heterocycles. The molecule has 7 heteroatoms. The molecular weight excluding hydrogens is 300 g/mol. The average molecular weight is 318 g/mol. The molecule has 23 heavy (non-hydrogen) atoms. The van der Waals surface area contributed by atoms with Gasteiger partial charge < -0.3 is 19.4 Å². The van der Waals surface area contributed by atoms with Crippen molar-refractivity contribution in [3.8, 4) is 0 Å². The highest BCUT2D eigenvalue weighted by Crippen LogP contribution is 2.23. The van der Waals surface area contributed by atoms with Gasteiger partial charge in [0.1, 0.15) is 22.8 Å². The molecule has 0 radical (unpaired) electrons. The van der Waals surface area contributed by atoms with Gasteiger partial charge in [0, 0.05) is 12.0 Å². The van der Waals surface area contributed by atoms with Gasteiger partial charge in [-0.1, -0.05) is 11.6 Å². The summed E-state index contributed by atoms with van der Waals surface area (Å²) in [4.78, 5) is 23.3. The van der Waals surface area contributed by atoms with Gasteiger partial charge in [-0.2, -0.15) is 0 Å². The minimum absolute atomic E-state index is 0.101. The predicted octanol–water partition coefficient (Wildman–Crippen LogP) is 2.47. The van der Waals surface area contributed by atoms with Crippen molar-refractivity contribution < 1.29 is 23.6 Å². The Hall–Kier alpha value is -2.57. The zero-order chi connectivity index (χ0) is 16.4. The molecule has 0 saturated heterocycles. The zero-order valence-electron chi connectivity index (χ0n) is 12.8. The molecule has 2 heterocycles. The van der Waals surface area contributed by atoms with Gasteiger partial charge in [0.05, 0.1) is 6.54 Å². The Bertz CT molecular complexity index is 744. The minimum Gasteiger partial charge on any atom is -0.478 e. The molecule has 2 aromatic rings. The van der Waals surface area contributed by atoms with Gasteiger partial charge in [-0.15, -0.1) is 0 Å². The molecule has 1 amide bonds. The molecule has 122 valence electrons. The maximum absolute atomic E-state index is 12.3. The van der Waals surface area contributed by atoms with E-state index in [4.69, 9.17) is 14.0 Å². The molecule has 0 saturated carbocycles. The van der Waals surface area contributed by atoms with E-state index in [2.05, 4.69) is 10.5 Å². The van der Waals surface area contributed by atoms with E-state index >= 15 is 0 Å². The highest BCUT2D eigenvalue weighted by molar-refractivity contribution is 5.93. The number of carboxylic acids is 1. The van der Waals surface area contributed by atoms with E-state index in [0.29, 0.717) is 17.2 Å². The number of rotatable bonds is 4. The van der Waals surface area contributed by atoms with Gasteiger partial charge in [-0.3, -0.25) is 4.79 Å². The summed E-state index contributed by atoms with van der Waals surface area (Å²) in [6.45, 7) is 1.68. The van der Waals surface area contributed by atoms with E-state index < -0.39 is 5.97 Å². The van der Waals surface area contributed by atoms with Crippen LogP contribution in [0.15, 0.2) is 15.0 Å². The lowest BCUT2D eigenvalue weighted by Gasteiger charge is -2.02. The molecule has 1 aliphatic rings. The van der Waals surface area contributed by atoms with Gasteiger partial charge in [-0.25, -0.2) is 4.79 Å². The Labute approximate surface area is 132 Å². The molecule has 1 aliphatic carbocycles. The van der Waals surface area contributed by atoms with Crippen molar-refractivity contribution in [3.05, 3.63) is 40.2 Å². The van der Waals surface area contributed by atoms with Crippen LogP contribution in [-0.2, 0) is 19.4 Å². The van der Waals surface area contributed by atoms with E-state index in [1.54, 1.807) is 6.92 Å². The summed E-state index contributed by atoms with van der Waals surface area (Å²) in [5.41, 5.74) is 1.31. The smallest absolute Gasteiger partial charge is 0.339 e. The van der Waals surface area contributed by atoms with Crippen LogP contribution in [-0.4, -0.2) is 22.1 Å². The molecule has 0 fully saturated rings. The van der Waals surface area contributed by atoms with Crippen molar-refractivity contribution in [1.82, 2.24) is 10.5 Å². The highest BCUT2D eigenvalue weighted by Gasteiger charge is 2.23. The summed E-state index contributed by atoms with van der Waals surface area (Å²) in [6, 6.07) is 1.42. The normalized spacial score (nSPS) is 14.1. The maximum atomic E-state index is 12.3. The number of nitrogens with one attached hydrogen (secondary N) is 1. The fraction of sp³-hybridized carbons (Fsp3) is 0.438. The van der Waals surface area contributed by atoms with Gasteiger partial charge in [-0.05, 0) is 32.3 Å². The fourth-order valence-corrected chi connectivity index (χ4v) is 2.83. The van der Waals surface area contributed by atoms with E-state index in [9.17, 15) is 9.59 Å². The van der Waals surface area contributed by atoms with Crippen LogP contribution in [0.5, 0.6) is 0 Å². The standard InChI is InChI=1S/C16H18N2O5/c1-9-12(16(20)21)7-10(22-9)8-17-15(19)14-11-5-3-2-4-6-13(11)23-18-14/h7H,2-6,8H2,1H3,(H,17,19)(H,20,21). The van der Waals surface area contributed by atoms with E-state index in [1.165, 1.54) is 6.07 Å². The quantitative estimate of drug-likeness (QED) is 0.839. The number of hydrogen-bond donors (Lipinski definition) is 2. The number of fused-ring (bicyclic) bond motifs is 1. The number of aryl methyl sites for hydroxylation is 2.